The minimum atomic E-state index is 0.0492. The van der Waals surface area contributed by atoms with E-state index in [9.17, 15) is 0 Å². The molecular formula is C37H41N3O2. The Hall–Kier alpha value is -4.12. The standard InChI is InChI=1S/C37H41N3O2/c1-22-15-26(40-31-13-12-25(36(4,5)6)18-30(31)28-11-10-14-38-34(28)40)19-27(16-22)42-32-20-29(23(2)17-24(32)3)35-39-33(21-41-35)37(7,8)9/h10-20,33H,21H2,1-9H3/t33-/m0/s1. The molecule has 3 aromatic carbocycles. The van der Waals surface area contributed by atoms with Crippen LogP contribution in [-0.4, -0.2) is 28.1 Å². The van der Waals surface area contributed by atoms with Crippen LogP contribution in [0.3, 0.4) is 0 Å². The highest BCUT2D eigenvalue weighted by atomic mass is 16.5. The maximum atomic E-state index is 6.62. The zero-order chi connectivity index (χ0) is 30.0. The van der Waals surface area contributed by atoms with Crippen LogP contribution in [0.25, 0.3) is 27.6 Å². The van der Waals surface area contributed by atoms with Gasteiger partial charge in [-0.3, -0.25) is 4.57 Å². The molecule has 0 unspecified atom stereocenters. The second-order valence-corrected chi connectivity index (χ2v) is 13.9. The largest absolute Gasteiger partial charge is 0.475 e. The fraction of sp³-hybridized carbons (Fsp3) is 0.351. The van der Waals surface area contributed by atoms with E-state index in [1.54, 1.807) is 0 Å². The average molecular weight is 560 g/mol. The average Bonchev–Trinajstić information content (AvgIpc) is 3.53. The molecule has 0 bridgehead atoms. The van der Waals surface area contributed by atoms with Gasteiger partial charge in [0, 0.05) is 28.6 Å². The van der Waals surface area contributed by atoms with E-state index in [2.05, 4.69) is 121 Å². The molecule has 0 aliphatic carbocycles. The lowest BCUT2D eigenvalue weighted by Crippen LogP contribution is -2.25. The SMILES string of the molecule is Cc1cc(Oc2cc(C3=N[C@H](C(C)(C)C)CO3)c(C)cc2C)cc(-n2c3ccc(C(C)(C)C)cc3c3cccnc32)c1. The first-order valence-electron chi connectivity index (χ1n) is 14.8. The second kappa shape index (κ2) is 10.0. The molecule has 0 radical (unpaired) electrons. The monoisotopic (exact) mass is 559 g/mol. The van der Waals surface area contributed by atoms with E-state index in [1.165, 1.54) is 10.9 Å². The van der Waals surface area contributed by atoms with Crippen LogP contribution in [0.1, 0.15) is 69.4 Å². The van der Waals surface area contributed by atoms with Crippen molar-refractivity contribution in [3.8, 4) is 17.2 Å². The van der Waals surface area contributed by atoms with Crippen LogP contribution >= 0.6 is 0 Å². The molecule has 0 amide bonds. The van der Waals surface area contributed by atoms with Crippen LogP contribution in [0.2, 0.25) is 0 Å². The van der Waals surface area contributed by atoms with Crippen LogP contribution in [0.5, 0.6) is 11.5 Å². The van der Waals surface area contributed by atoms with Gasteiger partial charge in [0.15, 0.2) is 0 Å². The number of rotatable bonds is 4. The summed E-state index contributed by atoms with van der Waals surface area (Å²) in [6, 6.07) is 21.7. The molecule has 216 valence electrons. The Labute approximate surface area is 249 Å². The minimum Gasteiger partial charge on any atom is -0.475 e. The molecule has 1 atom stereocenters. The highest BCUT2D eigenvalue weighted by Crippen LogP contribution is 2.37. The molecule has 0 N–H and O–H groups in total. The van der Waals surface area contributed by atoms with Gasteiger partial charge in [-0.05, 0) is 96.3 Å². The van der Waals surface area contributed by atoms with Gasteiger partial charge < -0.3 is 9.47 Å². The Bertz CT molecular complexity index is 1860. The molecule has 2 aromatic heterocycles. The van der Waals surface area contributed by atoms with Crippen LogP contribution in [-0.2, 0) is 10.2 Å². The summed E-state index contributed by atoms with van der Waals surface area (Å²) in [5.41, 5.74) is 8.80. The number of ether oxygens (including phenoxy) is 2. The number of hydrogen-bond donors (Lipinski definition) is 0. The Morgan fingerprint density at radius 2 is 1.64 bits per heavy atom. The smallest absolute Gasteiger partial charge is 0.216 e. The van der Waals surface area contributed by atoms with Crippen molar-refractivity contribution in [3.05, 3.63) is 94.7 Å². The van der Waals surface area contributed by atoms with E-state index in [0.29, 0.717) is 12.5 Å². The van der Waals surface area contributed by atoms with Crippen molar-refractivity contribution in [1.29, 1.82) is 0 Å². The third-order valence-electron chi connectivity index (χ3n) is 8.32. The quantitative estimate of drug-likeness (QED) is 0.220. The Kier molecular flexibility index (Phi) is 6.68. The third-order valence-corrected chi connectivity index (χ3v) is 8.32. The van der Waals surface area contributed by atoms with Crippen LogP contribution < -0.4 is 4.74 Å². The van der Waals surface area contributed by atoms with Gasteiger partial charge in [0.2, 0.25) is 5.90 Å². The van der Waals surface area contributed by atoms with Crippen LogP contribution in [0.15, 0.2) is 71.9 Å². The molecule has 1 aliphatic heterocycles. The predicted octanol–water partition coefficient (Wildman–Crippen LogP) is 9.39. The lowest BCUT2D eigenvalue weighted by molar-refractivity contribution is 0.236. The molecule has 5 heteroatoms. The summed E-state index contributed by atoms with van der Waals surface area (Å²) in [4.78, 5) is 9.77. The molecule has 42 heavy (non-hydrogen) atoms. The first kappa shape index (κ1) is 28.0. The van der Waals surface area contributed by atoms with Gasteiger partial charge in [-0.1, -0.05) is 53.7 Å². The predicted molar refractivity (Wildman–Crippen MR) is 174 cm³/mol. The number of aliphatic imine (C=N–C) groups is 1. The first-order chi connectivity index (χ1) is 19.8. The normalized spacial score (nSPS) is 15.7. The van der Waals surface area contributed by atoms with E-state index < -0.39 is 0 Å². The van der Waals surface area contributed by atoms with Crippen molar-refractivity contribution in [2.24, 2.45) is 10.4 Å². The molecule has 5 aromatic rings. The van der Waals surface area contributed by atoms with Crippen molar-refractivity contribution >= 4 is 27.8 Å². The third kappa shape index (κ3) is 5.06. The molecule has 6 rings (SSSR count). The molecule has 5 nitrogen and oxygen atoms in total. The topological polar surface area (TPSA) is 48.6 Å². The van der Waals surface area contributed by atoms with E-state index in [1.807, 2.05) is 12.3 Å². The number of aromatic nitrogens is 2. The van der Waals surface area contributed by atoms with Crippen molar-refractivity contribution in [2.75, 3.05) is 6.61 Å². The minimum absolute atomic E-state index is 0.0492. The van der Waals surface area contributed by atoms with Crippen LogP contribution in [0, 0.1) is 26.2 Å². The molecular weight excluding hydrogens is 518 g/mol. The number of pyridine rings is 1. The first-order valence-corrected chi connectivity index (χ1v) is 14.8. The fourth-order valence-corrected chi connectivity index (χ4v) is 5.76. The number of aryl methyl sites for hydroxylation is 3. The van der Waals surface area contributed by atoms with Gasteiger partial charge in [-0.2, -0.15) is 0 Å². The van der Waals surface area contributed by atoms with Gasteiger partial charge in [0.05, 0.1) is 17.2 Å². The number of fused-ring (bicyclic) bond motifs is 3. The van der Waals surface area contributed by atoms with E-state index in [-0.39, 0.29) is 16.9 Å². The molecule has 0 spiro atoms. The number of nitrogens with zero attached hydrogens (tertiary/aromatic N) is 3. The summed E-state index contributed by atoms with van der Waals surface area (Å²) >= 11 is 0. The molecule has 0 fully saturated rings. The van der Waals surface area contributed by atoms with E-state index in [4.69, 9.17) is 19.5 Å². The zero-order valence-corrected chi connectivity index (χ0v) is 26.3. The van der Waals surface area contributed by atoms with Gasteiger partial charge >= 0.3 is 0 Å². The second-order valence-electron chi connectivity index (χ2n) is 13.9. The highest BCUT2D eigenvalue weighted by molar-refractivity contribution is 6.08. The van der Waals surface area contributed by atoms with E-state index >= 15 is 0 Å². The molecule has 0 saturated carbocycles. The summed E-state index contributed by atoms with van der Waals surface area (Å²) in [7, 11) is 0. The summed E-state index contributed by atoms with van der Waals surface area (Å²) < 4.78 is 15.0. The lowest BCUT2D eigenvalue weighted by atomic mass is 9.86. The van der Waals surface area contributed by atoms with Gasteiger partial charge in [-0.25, -0.2) is 9.98 Å². The summed E-state index contributed by atoms with van der Waals surface area (Å²) in [6.45, 7) is 20.3. The maximum Gasteiger partial charge on any atom is 0.216 e. The summed E-state index contributed by atoms with van der Waals surface area (Å²) in [5, 5.41) is 2.35. The molecule has 0 saturated heterocycles. The Morgan fingerprint density at radius 3 is 2.36 bits per heavy atom. The van der Waals surface area contributed by atoms with E-state index in [0.717, 1.165) is 56.0 Å². The van der Waals surface area contributed by atoms with Gasteiger partial charge in [0.25, 0.3) is 0 Å². The zero-order valence-electron chi connectivity index (χ0n) is 26.3. The molecule has 3 heterocycles. The van der Waals surface area contributed by atoms with Crippen molar-refractivity contribution in [2.45, 2.75) is 73.8 Å². The number of benzene rings is 3. The van der Waals surface area contributed by atoms with Crippen molar-refractivity contribution < 1.29 is 9.47 Å². The number of hydrogen-bond acceptors (Lipinski definition) is 4. The maximum absolute atomic E-state index is 6.62. The van der Waals surface area contributed by atoms with Gasteiger partial charge in [0.1, 0.15) is 23.8 Å². The fourth-order valence-electron chi connectivity index (χ4n) is 5.76. The van der Waals surface area contributed by atoms with Crippen molar-refractivity contribution in [3.63, 3.8) is 0 Å². The Morgan fingerprint density at radius 1 is 0.857 bits per heavy atom. The summed E-state index contributed by atoms with van der Waals surface area (Å²) in [6.07, 6.45) is 1.87. The van der Waals surface area contributed by atoms with Crippen molar-refractivity contribution in [1.82, 2.24) is 9.55 Å². The Balaban J connectivity index is 1.43. The molecule has 1 aliphatic rings. The van der Waals surface area contributed by atoms with Crippen LogP contribution in [0.4, 0.5) is 0 Å². The highest BCUT2D eigenvalue weighted by Gasteiger charge is 2.31. The summed E-state index contributed by atoms with van der Waals surface area (Å²) in [5.74, 6) is 2.28. The lowest BCUT2D eigenvalue weighted by Gasteiger charge is -2.21. The van der Waals surface area contributed by atoms with Gasteiger partial charge in [-0.15, -0.1) is 0 Å².